The average Bonchev–Trinajstić information content (AvgIpc) is 2.83. The smallest absolute Gasteiger partial charge is 0.208 e. The van der Waals surface area contributed by atoms with Crippen molar-refractivity contribution in [3.63, 3.8) is 0 Å². The lowest BCUT2D eigenvalue weighted by Gasteiger charge is -2.06. The zero-order valence-electron chi connectivity index (χ0n) is 10.6. The van der Waals surface area contributed by atoms with Gasteiger partial charge in [-0.05, 0) is 13.3 Å². The molecule has 17 heavy (non-hydrogen) atoms. The van der Waals surface area contributed by atoms with E-state index in [0.29, 0.717) is 0 Å². The second-order valence-electron chi connectivity index (χ2n) is 4.25. The van der Waals surface area contributed by atoms with Gasteiger partial charge in [-0.2, -0.15) is 5.10 Å². The summed E-state index contributed by atoms with van der Waals surface area (Å²) in [4.78, 5) is 4.47. The Balaban J connectivity index is 2.14. The largest absolute Gasteiger partial charge is 0.317 e. The van der Waals surface area contributed by atoms with Gasteiger partial charge in [0.25, 0.3) is 0 Å². The number of anilines is 2. The number of rotatable bonds is 5. The van der Waals surface area contributed by atoms with Gasteiger partial charge in [0, 0.05) is 32.1 Å². The number of aryl methyl sites for hydroxylation is 3. The molecule has 2 heterocycles. The molecule has 0 spiro atoms. The fourth-order valence-corrected chi connectivity index (χ4v) is 1.74. The summed E-state index contributed by atoms with van der Waals surface area (Å²) in [6.07, 6.45) is 6.32. The van der Waals surface area contributed by atoms with Crippen molar-refractivity contribution in [3.8, 4) is 0 Å². The molecule has 0 aliphatic heterocycles. The van der Waals surface area contributed by atoms with Gasteiger partial charge in [0.2, 0.25) is 5.95 Å². The van der Waals surface area contributed by atoms with E-state index in [2.05, 4.69) is 33.1 Å². The van der Waals surface area contributed by atoms with Gasteiger partial charge in [0.15, 0.2) is 5.82 Å². The first-order valence-corrected chi connectivity index (χ1v) is 5.99. The van der Waals surface area contributed by atoms with Crippen LogP contribution in [0.4, 0.5) is 11.8 Å². The van der Waals surface area contributed by atoms with Crippen LogP contribution >= 0.6 is 0 Å². The van der Waals surface area contributed by atoms with E-state index in [-0.39, 0.29) is 0 Å². The van der Waals surface area contributed by atoms with Crippen molar-refractivity contribution in [2.24, 2.45) is 7.05 Å². The third-order valence-electron chi connectivity index (χ3n) is 2.60. The quantitative estimate of drug-likeness (QED) is 0.863. The SMILES string of the molecule is CCCCn1cc(C)nc1Nc1ccn(C)n1. The van der Waals surface area contributed by atoms with E-state index in [1.807, 2.05) is 26.2 Å². The first kappa shape index (κ1) is 11.7. The maximum Gasteiger partial charge on any atom is 0.208 e. The van der Waals surface area contributed by atoms with Crippen LogP contribution in [0, 0.1) is 6.92 Å². The second kappa shape index (κ2) is 5.03. The van der Waals surface area contributed by atoms with Gasteiger partial charge in [-0.25, -0.2) is 4.98 Å². The summed E-state index contributed by atoms with van der Waals surface area (Å²) in [6.45, 7) is 5.19. The Morgan fingerprint density at radius 2 is 2.24 bits per heavy atom. The fraction of sp³-hybridized carbons (Fsp3) is 0.500. The molecule has 5 nitrogen and oxygen atoms in total. The van der Waals surface area contributed by atoms with Crippen molar-refractivity contribution >= 4 is 11.8 Å². The van der Waals surface area contributed by atoms with Gasteiger partial charge in [-0.15, -0.1) is 0 Å². The predicted octanol–water partition coefficient (Wildman–Crippen LogP) is 2.47. The Morgan fingerprint density at radius 1 is 1.41 bits per heavy atom. The zero-order valence-corrected chi connectivity index (χ0v) is 10.6. The number of unbranched alkanes of at least 4 members (excludes halogenated alkanes) is 1. The maximum atomic E-state index is 4.47. The number of aromatic nitrogens is 4. The Bertz CT molecular complexity index is 483. The highest BCUT2D eigenvalue weighted by molar-refractivity contribution is 5.47. The van der Waals surface area contributed by atoms with E-state index >= 15 is 0 Å². The highest BCUT2D eigenvalue weighted by Crippen LogP contribution is 2.15. The van der Waals surface area contributed by atoms with Crippen molar-refractivity contribution in [3.05, 3.63) is 24.2 Å². The van der Waals surface area contributed by atoms with E-state index in [9.17, 15) is 0 Å². The normalized spacial score (nSPS) is 10.8. The molecule has 0 bridgehead atoms. The van der Waals surface area contributed by atoms with Crippen LogP contribution in [0.2, 0.25) is 0 Å². The first-order chi connectivity index (χ1) is 8.19. The molecule has 0 amide bonds. The summed E-state index contributed by atoms with van der Waals surface area (Å²) in [5.41, 5.74) is 1.03. The van der Waals surface area contributed by atoms with Crippen molar-refractivity contribution < 1.29 is 0 Å². The van der Waals surface area contributed by atoms with Crippen molar-refractivity contribution in [1.29, 1.82) is 0 Å². The molecule has 0 aliphatic carbocycles. The molecule has 92 valence electrons. The van der Waals surface area contributed by atoms with Crippen LogP contribution in [0.15, 0.2) is 18.5 Å². The van der Waals surface area contributed by atoms with Crippen LogP contribution < -0.4 is 5.32 Å². The summed E-state index contributed by atoms with van der Waals surface area (Å²) < 4.78 is 3.92. The molecule has 2 rings (SSSR count). The lowest BCUT2D eigenvalue weighted by atomic mass is 10.3. The highest BCUT2D eigenvalue weighted by Gasteiger charge is 2.06. The third kappa shape index (κ3) is 2.87. The molecule has 0 saturated carbocycles. The second-order valence-corrected chi connectivity index (χ2v) is 4.25. The lowest BCUT2D eigenvalue weighted by molar-refractivity contribution is 0.637. The molecule has 0 aromatic carbocycles. The van der Waals surface area contributed by atoms with Gasteiger partial charge in [0.1, 0.15) is 0 Å². The van der Waals surface area contributed by atoms with Gasteiger partial charge in [-0.3, -0.25) is 4.68 Å². The summed E-state index contributed by atoms with van der Waals surface area (Å²) >= 11 is 0. The van der Waals surface area contributed by atoms with Crippen molar-refractivity contribution in [1.82, 2.24) is 19.3 Å². The summed E-state index contributed by atoms with van der Waals surface area (Å²) in [7, 11) is 1.90. The molecule has 5 heteroatoms. The van der Waals surface area contributed by atoms with Gasteiger partial charge in [0.05, 0.1) is 5.69 Å². The third-order valence-corrected chi connectivity index (χ3v) is 2.60. The summed E-state index contributed by atoms with van der Waals surface area (Å²) in [6, 6.07) is 1.94. The van der Waals surface area contributed by atoms with Crippen LogP contribution in [0.25, 0.3) is 0 Å². The maximum absolute atomic E-state index is 4.47. The van der Waals surface area contributed by atoms with Gasteiger partial charge in [-0.1, -0.05) is 13.3 Å². The Labute approximate surface area is 101 Å². The molecule has 1 N–H and O–H groups in total. The molecule has 0 radical (unpaired) electrons. The zero-order chi connectivity index (χ0) is 12.3. The van der Waals surface area contributed by atoms with Crippen LogP contribution in [0.5, 0.6) is 0 Å². The molecule has 0 aliphatic rings. The standard InChI is InChI=1S/C12H19N5/c1-4-5-7-17-9-10(2)13-12(17)14-11-6-8-16(3)15-11/h6,8-9H,4-5,7H2,1-3H3,(H,13,14,15). The Morgan fingerprint density at radius 3 is 2.88 bits per heavy atom. The number of imidazole rings is 1. The van der Waals surface area contributed by atoms with Crippen LogP contribution in [-0.2, 0) is 13.6 Å². The molecule has 0 unspecified atom stereocenters. The van der Waals surface area contributed by atoms with Gasteiger partial charge < -0.3 is 9.88 Å². The molecule has 0 fully saturated rings. The topological polar surface area (TPSA) is 47.7 Å². The first-order valence-electron chi connectivity index (χ1n) is 5.99. The average molecular weight is 233 g/mol. The number of nitrogens with one attached hydrogen (secondary N) is 1. The molecule has 2 aromatic heterocycles. The predicted molar refractivity (Wildman–Crippen MR) is 68.4 cm³/mol. The number of hydrogen-bond acceptors (Lipinski definition) is 3. The van der Waals surface area contributed by atoms with E-state index in [0.717, 1.165) is 30.4 Å². The van der Waals surface area contributed by atoms with E-state index in [1.54, 1.807) is 4.68 Å². The van der Waals surface area contributed by atoms with Crippen LogP contribution in [0.1, 0.15) is 25.5 Å². The number of hydrogen-bond donors (Lipinski definition) is 1. The van der Waals surface area contributed by atoms with Crippen LogP contribution in [-0.4, -0.2) is 19.3 Å². The van der Waals surface area contributed by atoms with Crippen LogP contribution in [0.3, 0.4) is 0 Å². The molecular weight excluding hydrogens is 214 g/mol. The number of nitrogens with zero attached hydrogens (tertiary/aromatic N) is 4. The summed E-state index contributed by atoms with van der Waals surface area (Å²) in [5.74, 6) is 1.70. The van der Waals surface area contributed by atoms with E-state index in [4.69, 9.17) is 0 Å². The Kier molecular flexibility index (Phi) is 3.46. The van der Waals surface area contributed by atoms with Crippen molar-refractivity contribution in [2.45, 2.75) is 33.2 Å². The monoisotopic (exact) mass is 233 g/mol. The molecule has 0 atom stereocenters. The fourth-order valence-electron chi connectivity index (χ4n) is 1.74. The minimum atomic E-state index is 0.829. The van der Waals surface area contributed by atoms with Gasteiger partial charge >= 0.3 is 0 Å². The van der Waals surface area contributed by atoms with E-state index < -0.39 is 0 Å². The molecule has 0 saturated heterocycles. The molecular formula is C12H19N5. The minimum Gasteiger partial charge on any atom is -0.317 e. The van der Waals surface area contributed by atoms with E-state index in [1.165, 1.54) is 6.42 Å². The highest BCUT2D eigenvalue weighted by atomic mass is 15.3. The lowest BCUT2D eigenvalue weighted by Crippen LogP contribution is -2.04. The Hall–Kier alpha value is -1.78. The minimum absolute atomic E-state index is 0.829. The summed E-state index contributed by atoms with van der Waals surface area (Å²) in [5, 5.41) is 7.53. The van der Waals surface area contributed by atoms with Crippen molar-refractivity contribution in [2.75, 3.05) is 5.32 Å². The molecule has 2 aromatic rings.